The number of hydrogen-bond acceptors (Lipinski definition) is 4. The Morgan fingerprint density at radius 1 is 1.32 bits per heavy atom. The topological polar surface area (TPSA) is 90.9 Å². The number of nitrogens with zero attached hydrogens (tertiary/aromatic N) is 1. The van der Waals surface area contributed by atoms with Crippen LogP contribution in [0.1, 0.15) is 13.8 Å². The van der Waals surface area contributed by atoms with Crippen LogP contribution in [0.2, 0.25) is 0 Å². The van der Waals surface area contributed by atoms with Crippen LogP contribution in [-0.2, 0) is 9.53 Å². The molecule has 2 amide bonds. The molecule has 7 heteroatoms. The minimum Gasteiger partial charge on any atom is -0.480 e. The van der Waals surface area contributed by atoms with E-state index in [9.17, 15) is 9.59 Å². The zero-order valence-electron chi connectivity index (χ0n) is 12.1. The number of aliphatic carboxylic acids is 1. The third-order valence-electron chi connectivity index (χ3n) is 2.68. The number of carboxylic acid groups (broad SMARTS) is 1. The van der Waals surface area contributed by atoms with E-state index in [2.05, 4.69) is 10.6 Å². The highest BCUT2D eigenvalue weighted by Crippen LogP contribution is 2.00. The number of carbonyl (C=O) groups is 2. The van der Waals surface area contributed by atoms with Crippen molar-refractivity contribution in [2.75, 3.05) is 40.4 Å². The lowest BCUT2D eigenvalue weighted by Gasteiger charge is -2.19. The van der Waals surface area contributed by atoms with Gasteiger partial charge in [-0.15, -0.1) is 0 Å². The third kappa shape index (κ3) is 8.39. The fourth-order valence-electron chi connectivity index (χ4n) is 1.43. The van der Waals surface area contributed by atoms with Crippen molar-refractivity contribution < 1.29 is 19.4 Å². The maximum atomic E-state index is 11.5. The maximum Gasteiger partial charge on any atom is 0.326 e. The van der Waals surface area contributed by atoms with Crippen LogP contribution in [0.5, 0.6) is 0 Å². The van der Waals surface area contributed by atoms with E-state index in [1.165, 1.54) is 0 Å². The molecule has 0 rings (SSSR count). The van der Waals surface area contributed by atoms with Gasteiger partial charge >= 0.3 is 12.0 Å². The van der Waals surface area contributed by atoms with Crippen LogP contribution >= 0.6 is 0 Å². The first-order valence-electron chi connectivity index (χ1n) is 6.33. The maximum absolute atomic E-state index is 11.5. The van der Waals surface area contributed by atoms with Gasteiger partial charge in [0.15, 0.2) is 0 Å². The number of likely N-dealkylation sites (N-methyl/N-ethyl adjacent to an activating group) is 1. The molecule has 0 aromatic rings. The zero-order valence-corrected chi connectivity index (χ0v) is 12.1. The molecule has 112 valence electrons. The average molecular weight is 275 g/mol. The molecule has 7 nitrogen and oxygen atoms in total. The van der Waals surface area contributed by atoms with Gasteiger partial charge in [0, 0.05) is 26.7 Å². The molecule has 0 spiro atoms. The molecule has 1 atom stereocenters. The lowest BCUT2D eigenvalue weighted by Crippen LogP contribution is -2.49. The minimum absolute atomic E-state index is 0.160. The summed E-state index contributed by atoms with van der Waals surface area (Å²) in [5.41, 5.74) is 0. The van der Waals surface area contributed by atoms with Crippen molar-refractivity contribution in [3.8, 4) is 0 Å². The van der Waals surface area contributed by atoms with Crippen LogP contribution in [0, 0.1) is 5.92 Å². The van der Waals surface area contributed by atoms with Gasteiger partial charge in [-0.25, -0.2) is 9.59 Å². The molecule has 0 radical (unpaired) electrons. The Labute approximate surface area is 114 Å². The second-order valence-corrected chi connectivity index (χ2v) is 4.76. The first kappa shape index (κ1) is 17.7. The van der Waals surface area contributed by atoms with Gasteiger partial charge in [-0.3, -0.25) is 0 Å². The smallest absolute Gasteiger partial charge is 0.326 e. The molecule has 3 N–H and O–H groups in total. The largest absolute Gasteiger partial charge is 0.480 e. The van der Waals surface area contributed by atoms with Gasteiger partial charge < -0.3 is 25.4 Å². The number of nitrogens with one attached hydrogen (secondary N) is 2. The van der Waals surface area contributed by atoms with Gasteiger partial charge in [0.2, 0.25) is 0 Å². The molecular formula is C12H25N3O4. The molecular weight excluding hydrogens is 250 g/mol. The highest BCUT2D eigenvalue weighted by Gasteiger charge is 2.22. The fourth-order valence-corrected chi connectivity index (χ4v) is 1.43. The van der Waals surface area contributed by atoms with Crippen LogP contribution in [0.4, 0.5) is 4.79 Å². The summed E-state index contributed by atoms with van der Waals surface area (Å²) in [6.07, 6.45) is 0. The van der Waals surface area contributed by atoms with E-state index in [1.54, 1.807) is 21.0 Å². The van der Waals surface area contributed by atoms with Crippen LogP contribution in [-0.4, -0.2) is 68.4 Å². The van der Waals surface area contributed by atoms with Gasteiger partial charge in [0.25, 0.3) is 0 Å². The Bertz CT molecular complexity index is 284. The van der Waals surface area contributed by atoms with E-state index >= 15 is 0 Å². The lowest BCUT2D eigenvalue weighted by molar-refractivity contribution is -0.140. The number of urea groups is 1. The number of amides is 2. The summed E-state index contributed by atoms with van der Waals surface area (Å²) in [6.45, 7) is 6.04. The molecule has 0 bridgehead atoms. The monoisotopic (exact) mass is 275 g/mol. The van der Waals surface area contributed by atoms with E-state index in [-0.39, 0.29) is 5.92 Å². The third-order valence-corrected chi connectivity index (χ3v) is 2.68. The summed E-state index contributed by atoms with van der Waals surface area (Å²) in [6, 6.07) is -1.33. The molecule has 0 unspecified atom stereocenters. The van der Waals surface area contributed by atoms with Gasteiger partial charge in [-0.1, -0.05) is 13.8 Å². The summed E-state index contributed by atoms with van der Waals surface area (Å²) in [5, 5.41) is 14.0. The Balaban J connectivity index is 3.89. The normalized spacial score (nSPS) is 12.5. The highest BCUT2D eigenvalue weighted by molar-refractivity contribution is 5.82. The zero-order chi connectivity index (χ0) is 14.8. The van der Waals surface area contributed by atoms with E-state index in [0.29, 0.717) is 19.7 Å². The molecule has 0 aromatic carbocycles. The van der Waals surface area contributed by atoms with Gasteiger partial charge in [-0.2, -0.15) is 0 Å². The Morgan fingerprint density at radius 3 is 2.42 bits per heavy atom. The van der Waals surface area contributed by atoms with Gasteiger partial charge in [0.05, 0.1) is 6.61 Å². The Hall–Kier alpha value is -1.34. The summed E-state index contributed by atoms with van der Waals surface area (Å²) < 4.78 is 4.94. The molecule has 0 aliphatic rings. The average Bonchev–Trinajstić information content (AvgIpc) is 2.32. The van der Waals surface area contributed by atoms with Crippen molar-refractivity contribution in [1.82, 2.24) is 15.5 Å². The van der Waals surface area contributed by atoms with Crippen molar-refractivity contribution in [3.63, 3.8) is 0 Å². The molecule has 0 heterocycles. The standard InChI is InChI=1S/C12H25N3O4/c1-9(2)10(11(16)17)14-12(18)13-5-6-15(3)7-8-19-4/h9-10H,5-8H2,1-4H3,(H,16,17)(H2,13,14,18)/t10-/m1/s1. The fraction of sp³-hybridized carbons (Fsp3) is 0.833. The second kappa shape index (κ2) is 9.57. The van der Waals surface area contributed by atoms with Crippen molar-refractivity contribution >= 4 is 12.0 Å². The van der Waals surface area contributed by atoms with Gasteiger partial charge in [0.1, 0.15) is 6.04 Å². The first-order chi connectivity index (χ1) is 8.88. The number of ether oxygens (including phenoxy) is 1. The summed E-state index contributed by atoms with van der Waals surface area (Å²) in [7, 11) is 3.56. The van der Waals surface area contributed by atoms with Crippen LogP contribution < -0.4 is 10.6 Å². The Kier molecular flexibility index (Phi) is 8.90. The summed E-state index contributed by atoms with van der Waals surface area (Å²) in [5.74, 6) is -1.19. The summed E-state index contributed by atoms with van der Waals surface area (Å²) in [4.78, 5) is 24.5. The predicted molar refractivity (Wildman–Crippen MR) is 72.2 cm³/mol. The number of hydrogen-bond donors (Lipinski definition) is 3. The minimum atomic E-state index is -1.03. The lowest BCUT2D eigenvalue weighted by atomic mass is 10.1. The van der Waals surface area contributed by atoms with Gasteiger partial charge in [-0.05, 0) is 13.0 Å². The molecule has 0 aliphatic carbocycles. The van der Waals surface area contributed by atoms with Crippen molar-refractivity contribution in [1.29, 1.82) is 0 Å². The van der Waals surface area contributed by atoms with Crippen LogP contribution in [0.3, 0.4) is 0 Å². The SMILES string of the molecule is COCCN(C)CCNC(=O)N[C@@H](C(=O)O)C(C)C. The molecule has 0 fully saturated rings. The highest BCUT2D eigenvalue weighted by atomic mass is 16.5. The van der Waals surface area contributed by atoms with Crippen LogP contribution in [0.25, 0.3) is 0 Å². The predicted octanol–water partition coefficient (Wildman–Crippen LogP) is -0.0270. The molecule has 19 heavy (non-hydrogen) atoms. The van der Waals surface area contributed by atoms with Crippen molar-refractivity contribution in [2.45, 2.75) is 19.9 Å². The Morgan fingerprint density at radius 2 is 1.95 bits per heavy atom. The van der Waals surface area contributed by atoms with E-state index in [1.807, 2.05) is 11.9 Å². The molecule has 0 saturated heterocycles. The molecule has 0 saturated carbocycles. The van der Waals surface area contributed by atoms with Crippen molar-refractivity contribution in [2.24, 2.45) is 5.92 Å². The molecule has 0 aliphatic heterocycles. The number of carbonyl (C=O) groups excluding carboxylic acids is 1. The number of methoxy groups -OCH3 is 1. The van der Waals surface area contributed by atoms with E-state index < -0.39 is 18.0 Å². The number of rotatable bonds is 9. The second-order valence-electron chi connectivity index (χ2n) is 4.76. The van der Waals surface area contributed by atoms with Crippen LogP contribution in [0.15, 0.2) is 0 Å². The van der Waals surface area contributed by atoms with E-state index in [0.717, 1.165) is 6.54 Å². The molecule has 0 aromatic heterocycles. The number of carboxylic acids is 1. The van der Waals surface area contributed by atoms with E-state index in [4.69, 9.17) is 9.84 Å². The van der Waals surface area contributed by atoms with Crippen molar-refractivity contribution in [3.05, 3.63) is 0 Å². The quantitative estimate of drug-likeness (QED) is 0.550. The summed E-state index contributed by atoms with van der Waals surface area (Å²) >= 11 is 0. The first-order valence-corrected chi connectivity index (χ1v) is 6.33.